The first kappa shape index (κ1) is 18.7. The van der Waals surface area contributed by atoms with Crippen LogP contribution in [0.3, 0.4) is 0 Å². The molecule has 28 heavy (non-hydrogen) atoms. The molecule has 1 aliphatic rings. The standard InChI is InChI=1S/C24H23ClN2O/c25-22-13-7-12-21(18-22)24(28)27-16-14-26(15-17-27)23(19-8-3-1-4-9-19)20-10-5-2-6-11-20/h1-13,18,23H,14-17H2/p+1. The summed E-state index contributed by atoms with van der Waals surface area (Å²) in [5.41, 5.74) is 3.30. The van der Waals surface area contributed by atoms with Crippen molar-refractivity contribution in [3.05, 3.63) is 107 Å². The number of benzene rings is 3. The zero-order chi connectivity index (χ0) is 19.3. The number of hydrogen-bond acceptors (Lipinski definition) is 1. The molecule has 0 atom stereocenters. The number of carbonyl (C=O) groups excluding carboxylic acids is 1. The van der Waals surface area contributed by atoms with Crippen LogP contribution < -0.4 is 4.90 Å². The van der Waals surface area contributed by atoms with Gasteiger partial charge in [0.2, 0.25) is 0 Å². The number of nitrogens with one attached hydrogen (secondary N) is 1. The smallest absolute Gasteiger partial charge is 0.254 e. The molecule has 1 heterocycles. The topological polar surface area (TPSA) is 24.8 Å². The Hall–Kier alpha value is -2.62. The van der Waals surface area contributed by atoms with Crippen molar-refractivity contribution in [2.24, 2.45) is 0 Å². The number of quaternary nitrogens is 1. The predicted molar refractivity (Wildman–Crippen MR) is 113 cm³/mol. The molecule has 0 aliphatic carbocycles. The third-order valence-electron chi connectivity index (χ3n) is 5.44. The summed E-state index contributed by atoms with van der Waals surface area (Å²) in [6.45, 7) is 3.33. The van der Waals surface area contributed by atoms with Gasteiger partial charge in [0.1, 0.15) is 6.04 Å². The van der Waals surface area contributed by atoms with Crippen LogP contribution in [0.2, 0.25) is 5.02 Å². The van der Waals surface area contributed by atoms with Gasteiger partial charge in [0.25, 0.3) is 5.91 Å². The molecule has 0 aromatic heterocycles. The summed E-state index contributed by atoms with van der Waals surface area (Å²) in [4.78, 5) is 16.3. The van der Waals surface area contributed by atoms with Gasteiger partial charge in [-0.05, 0) is 18.2 Å². The van der Waals surface area contributed by atoms with Gasteiger partial charge in [-0.3, -0.25) is 4.79 Å². The van der Waals surface area contributed by atoms with Crippen LogP contribution >= 0.6 is 11.6 Å². The van der Waals surface area contributed by atoms with Crippen LogP contribution in [0, 0.1) is 0 Å². The lowest BCUT2D eigenvalue weighted by Crippen LogP contribution is -3.15. The van der Waals surface area contributed by atoms with Gasteiger partial charge >= 0.3 is 0 Å². The monoisotopic (exact) mass is 391 g/mol. The van der Waals surface area contributed by atoms with Gasteiger partial charge in [0.05, 0.1) is 26.2 Å². The molecule has 4 heteroatoms. The molecule has 1 aliphatic heterocycles. The number of rotatable bonds is 4. The second-order valence-corrected chi connectivity index (χ2v) is 7.65. The van der Waals surface area contributed by atoms with Crippen LogP contribution in [0.25, 0.3) is 0 Å². The summed E-state index contributed by atoms with van der Waals surface area (Å²) < 4.78 is 0. The molecular formula is C24H24ClN2O+. The minimum Gasteiger partial charge on any atom is -0.327 e. The largest absolute Gasteiger partial charge is 0.327 e. The van der Waals surface area contributed by atoms with E-state index in [2.05, 4.69) is 60.7 Å². The lowest BCUT2D eigenvalue weighted by molar-refractivity contribution is -0.929. The molecule has 1 saturated heterocycles. The van der Waals surface area contributed by atoms with Crippen molar-refractivity contribution in [2.45, 2.75) is 6.04 Å². The maximum Gasteiger partial charge on any atom is 0.254 e. The Morgan fingerprint density at radius 3 is 1.93 bits per heavy atom. The highest BCUT2D eigenvalue weighted by Crippen LogP contribution is 2.19. The van der Waals surface area contributed by atoms with Gasteiger partial charge in [-0.1, -0.05) is 78.3 Å². The second kappa shape index (κ2) is 8.59. The molecule has 3 nitrogen and oxygen atoms in total. The minimum absolute atomic E-state index is 0.0672. The van der Waals surface area contributed by atoms with Crippen LogP contribution in [-0.2, 0) is 0 Å². The molecule has 1 amide bonds. The highest BCUT2D eigenvalue weighted by Gasteiger charge is 2.31. The molecule has 1 N–H and O–H groups in total. The van der Waals surface area contributed by atoms with Crippen LogP contribution in [0.5, 0.6) is 0 Å². The fourth-order valence-electron chi connectivity index (χ4n) is 4.04. The van der Waals surface area contributed by atoms with Crippen molar-refractivity contribution < 1.29 is 9.69 Å². The predicted octanol–water partition coefficient (Wildman–Crippen LogP) is 3.47. The van der Waals surface area contributed by atoms with Crippen LogP contribution in [-0.4, -0.2) is 37.0 Å². The normalized spacial score (nSPS) is 15.0. The average molecular weight is 392 g/mol. The maximum absolute atomic E-state index is 12.8. The van der Waals surface area contributed by atoms with Gasteiger partial charge in [-0.15, -0.1) is 0 Å². The van der Waals surface area contributed by atoms with E-state index in [1.54, 1.807) is 12.1 Å². The van der Waals surface area contributed by atoms with Crippen molar-refractivity contribution in [3.8, 4) is 0 Å². The first-order valence-corrected chi connectivity index (χ1v) is 10.1. The van der Waals surface area contributed by atoms with Crippen molar-refractivity contribution in [1.82, 2.24) is 4.90 Å². The van der Waals surface area contributed by atoms with Crippen LogP contribution in [0.4, 0.5) is 0 Å². The SMILES string of the molecule is O=C(c1cccc(Cl)c1)N1CC[NH+](C(c2ccccc2)c2ccccc2)CC1. The van der Waals surface area contributed by atoms with E-state index < -0.39 is 0 Å². The van der Waals surface area contributed by atoms with Gasteiger partial charge in [-0.25, -0.2) is 0 Å². The Labute approximate surface area is 171 Å². The Morgan fingerprint density at radius 2 is 1.39 bits per heavy atom. The van der Waals surface area contributed by atoms with Gasteiger partial charge in [-0.2, -0.15) is 0 Å². The Kier molecular flexibility index (Phi) is 5.75. The first-order chi connectivity index (χ1) is 13.7. The van der Waals surface area contributed by atoms with Crippen molar-refractivity contribution >= 4 is 17.5 Å². The van der Waals surface area contributed by atoms with Crippen molar-refractivity contribution in [2.75, 3.05) is 26.2 Å². The molecule has 3 aromatic rings. The number of halogens is 1. The first-order valence-electron chi connectivity index (χ1n) is 9.72. The maximum atomic E-state index is 12.8. The zero-order valence-corrected chi connectivity index (χ0v) is 16.5. The molecule has 142 valence electrons. The molecule has 4 rings (SSSR count). The molecule has 0 spiro atoms. The summed E-state index contributed by atoms with van der Waals surface area (Å²) >= 11 is 6.05. The van der Waals surface area contributed by atoms with Crippen LogP contribution in [0.15, 0.2) is 84.9 Å². The number of nitrogens with zero attached hydrogens (tertiary/aromatic N) is 1. The molecule has 3 aromatic carbocycles. The summed E-state index contributed by atoms with van der Waals surface area (Å²) in [6.07, 6.45) is 0. The summed E-state index contributed by atoms with van der Waals surface area (Å²) in [5, 5.41) is 0.600. The lowest BCUT2D eigenvalue weighted by Gasteiger charge is -2.37. The minimum atomic E-state index is 0.0672. The van der Waals surface area contributed by atoms with Gasteiger partial charge < -0.3 is 9.80 Å². The second-order valence-electron chi connectivity index (χ2n) is 7.22. The Bertz CT molecular complexity index is 882. The Balaban J connectivity index is 1.51. The van der Waals surface area contributed by atoms with E-state index in [0.29, 0.717) is 10.6 Å². The van der Waals surface area contributed by atoms with Gasteiger partial charge in [0.15, 0.2) is 0 Å². The fourth-order valence-corrected chi connectivity index (χ4v) is 4.23. The molecule has 0 bridgehead atoms. The summed E-state index contributed by atoms with van der Waals surface area (Å²) in [7, 11) is 0. The number of hydrogen-bond donors (Lipinski definition) is 1. The van der Waals surface area contributed by atoms with E-state index >= 15 is 0 Å². The lowest BCUT2D eigenvalue weighted by atomic mass is 9.96. The Morgan fingerprint density at radius 1 is 0.821 bits per heavy atom. The number of piperazine rings is 1. The third-order valence-corrected chi connectivity index (χ3v) is 5.67. The zero-order valence-electron chi connectivity index (χ0n) is 15.7. The van der Waals surface area contributed by atoms with E-state index in [-0.39, 0.29) is 11.9 Å². The van der Waals surface area contributed by atoms with Gasteiger partial charge in [0, 0.05) is 21.7 Å². The van der Waals surface area contributed by atoms with E-state index in [1.165, 1.54) is 16.0 Å². The quantitative estimate of drug-likeness (QED) is 0.723. The van der Waals surface area contributed by atoms with E-state index in [9.17, 15) is 4.79 Å². The van der Waals surface area contributed by atoms with Crippen LogP contribution in [0.1, 0.15) is 27.5 Å². The summed E-state index contributed by atoms with van der Waals surface area (Å²) in [5.74, 6) is 0.0672. The molecular weight excluding hydrogens is 368 g/mol. The number of carbonyl (C=O) groups is 1. The highest BCUT2D eigenvalue weighted by molar-refractivity contribution is 6.30. The average Bonchev–Trinajstić information content (AvgIpc) is 2.75. The molecule has 1 fully saturated rings. The highest BCUT2D eigenvalue weighted by atomic mass is 35.5. The summed E-state index contributed by atoms with van der Waals surface area (Å²) in [6, 6.07) is 28.8. The molecule has 0 unspecified atom stereocenters. The van der Waals surface area contributed by atoms with E-state index in [4.69, 9.17) is 11.6 Å². The fraction of sp³-hybridized carbons (Fsp3) is 0.208. The van der Waals surface area contributed by atoms with E-state index in [1.807, 2.05) is 17.0 Å². The molecule has 0 radical (unpaired) electrons. The third kappa shape index (κ3) is 4.11. The molecule has 0 saturated carbocycles. The van der Waals surface area contributed by atoms with Crippen molar-refractivity contribution in [3.63, 3.8) is 0 Å². The van der Waals surface area contributed by atoms with E-state index in [0.717, 1.165) is 26.2 Å². The number of amides is 1. The van der Waals surface area contributed by atoms with Crippen molar-refractivity contribution in [1.29, 1.82) is 0 Å².